The van der Waals surface area contributed by atoms with Crippen LogP contribution in [0.4, 0.5) is 4.39 Å². The summed E-state index contributed by atoms with van der Waals surface area (Å²) in [6.07, 6.45) is 2.02. The molecule has 0 unspecified atom stereocenters. The largest absolute Gasteiger partial charge is 0.484 e. The van der Waals surface area contributed by atoms with Crippen molar-refractivity contribution in [1.29, 1.82) is 0 Å². The third-order valence-corrected chi connectivity index (χ3v) is 4.05. The van der Waals surface area contributed by atoms with E-state index in [0.717, 1.165) is 18.4 Å². The van der Waals surface area contributed by atoms with Crippen LogP contribution in [0.1, 0.15) is 18.4 Å². The molecule has 2 aromatic carbocycles. The predicted octanol–water partition coefficient (Wildman–Crippen LogP) is 3.05. The Labute approximate surface area is 129 Å². The normalized spacial score (nSPS) is 15.1. The van der Waals surface area contributed by atoms with Gasteiger partial charge in [0, 0.05) is 12.0 Å². The molecule has 0 atom stereocenters. The molecule has 1 fully saturated rings. The van der Waals surface area contributed by atoms with Crippen molar-refractivity contribution in [3.63, 3.8) is 0 Å². The third-order valence-electron chi connectivity index (χ3n) is 4.05. The summed E-state index contributed by atoms with van der Waals surface area (Å²) in [7, 11) is 0. The Morgan fingerprint density at radius 1 is 1.09 bits per heavy atom. The number of hydrogen-bond donors (Lipinski definition) is 1. The van der Waals surface area contributed by atoms with Crippen LogP contribution in [0.15, 0.2) is 54.6 Å². The van der Waals surface area contributed by atoms with Gasteiger partial charge in [0.25, 0.3) is 5.91 Å². The lowest BCUT2D eigenvalue weighted by Gasteiger charge is -2.16. The van der Waals surface area contributed by atoms with E-state index >= 15 is 0 Å². The van der Waals surface area contributed by atoms with Crippen LogP contribution < -0.4 is 10.1 Å². The molecule has 3 rings (SSSR count). The van der Waals surface area contributed by atoms with Crippen LogP contribution in [0.3, 0.4) is 0 Å². The molecular weight excluding hydrogens is 281 g/mol. The van der Waals surface area contributed by atoms with Gasteiger partial charge in [-0.1, -0.05) is 30.3 Å². The quantitative estimate of drug-likeness (QED) is 0.890. The lowest BCUT2D eigenvalue weighted by molar-refractivity contribution is -0.123. The Morgan fingerprint density at radius 3 is 2.41 bits per heavy atom. The van der Waals surface area contributed by atoms with Gasteiger partial charge < -0.3 is 10.1 Å². The van der Waals surface area contributed by atoms with Crippen LogP contribution >= 0.6 is 0 Å². The SMILES string of the molecule is O=C(COc1ccccc1)NCC1(c2ccc(F)cc2)CC1. The van der Waals surface area contributed by atoms with E-state index in [1.165, 1.54) is 12.1 Å². The number of halogens is 1. The second-order valence-corrected chi connectivity index (χ2v) is 5.67. The number of rotatable bonds is 6. The highest BCUT2D eigenvalue weighted by Crippen LogP contribution is 2.47. The summed E-state index contributed by atoms with van der Waals surface area (Å²) >= 11 is 0. The molecule has 3 nitrogen and oxygen atoms in total. The van der Waals surface area contributed by atoms with Crippen LogP contribution in [-0.2, 0) is 10.2 Å². The second kappa shape index (κ2) is 6.18. The highest BCUT2D eigenvalue weighted by molar-refractivity contribution is 5.77. The van der Waals surface area contributed by atoms with E-state index in [2.05, 4.69) is 5.32 Å². The number of para-hydroxylation sites is 1. The van der Waals surface area contributed by atoms with E-state index in [1.807, 2.05) is 30.3 Å². The molecule has 4 heteroatoms. The van der Waals surface area contributed by atoms with Gasteiger partial charge in [-0.15, -0.1) is 0 Å². The van der Waals surface area contributed by atoms with Crippen molar-refractivity contribution < 1.29 is 13.9 Å². The molecular formula is C18H18FNO2. The van der Waals surface area contributed by atoms with Crippen LogP contribution in [0.2, 0.25) is 0 Å². The minimum Gasteiger partial charge on any atom is -0.484 e. The van der Waals surface area contributed by atoms with Crippen molar-refractivity contribution in [3.05, 3.63) is 66.0 Å². The fourth-order valence-electron chi connectivity index (χ4n) is 2.51. The first-order valence-electron chi connectivity index (χ1n) is 7.39. The summed E-state index contributed by atoms with van der Waals surface area (Å²) < 4.78 is 18.4. The van der Waals surface area contributed by atoms with Crippen LogP contribution in [0.25, 0.3) is 0 Å². The second-order valence-electron chi connectivity index (χ2n) is 5.67. The van der Waals surface area contributed by atoms with Gasteiger partial charge in [-0.05, 0) is 42.7 Å². The Hall–Kier alpha value is -2.36. The number of ether oxygens (including phenoxy) is 1. The Balaban J connectivity index is 1.49. The number of benzene rings is 2. The zero-order valence-electron chi connectivity index (χ0n) is 12.2. The standard InChI is InChI=1S/C18H18FNO2/c19-15-8-6-14(7-9-15)18(10-11-18)13-20-17(21)12-22-16-4-2-1-3-5-16/h1-9H,10-13H2,(H,20,21). The minimum absolute atomic E-state index is 0.00348. The van der Waals surface area contributed by atoms with E-state index in [1.54, 1.807) is 12.1 Å². The first-order valence-corrected chi connectivity index (χ1v) is 7.39. The summed E-state index contributed by atoms with van der Waals surface area (Å²) in [4.78, 5) is 11.9. The number of carbonyl (C=O) groups excluding carboxylic acids is 1. The van der Waals surface area contributed by atoms with E-state index in [9.17, 15) is 9.18 Å². The third kappa shape index (κ3) is 3.45. The molecule has 0 aliphatic heterocycles. The van der Waals surface area contributed by atoms with Gasteiger partial charge in [0.1, 0.15) is 11.6 Å². The van der Waals surface area contributed by atoms with Gasteiger partial charge in [0.2, 0.25) is 0 Å². The maximum absolute atomic E-state index is 13.0. The summed E-state index contributed by atoms with van der Waals surface area (Å²) in [5, 5.41) is 2.91. The van der Waals surface area contributed by atoms with E-state index < -0.39 is 0 Å². The molecule has 114 valence electrons. The summed E-state index contributed by atoms with van der Waals surface area (Å²) in [6, 6.07) is 15.8. The molecule has 1 amide bonds. The van der Waals surface area contributed by atoms with E-state index in [4.69, 9.17) is 4.74 Å². The average Bonchev–Trinajstić information content (AvgIpc) is 3.34. The van der Waals surface area contributed by atoms with Gasteiger partial charge >= 0.3 is 0 Å². The van der Waals surface area contributed by atoms with Gasteiger partial charge in [-0.3, -0.25) is 4.79 Å². The first-order chi connectivity index (χ1) is 10.7. The molecule has 0 spiro atoms. The number of nitrogens with one attached hydrogen (secondary N) is 1. The Bertz CT molecular complexity index is 636. The summed E-state index contributed by atoms with van der Waals surface area (Å²) in [5.41, 5.74) is 1.05. The zero-order valence-corrected chi connectivity index (χ0v) is 12.2. The van der Waals surface area contributed by atoms with Crippen molar-refractivity contribution in [2.24, 2.45) is 0 Å². The maximum atomic E-state index is 13.0. The summed E-state index contributed by atoms with van der Waals surface area (Å²) in [5.74, 6) is 0.300. The van der Waals surface area contributed by atoms with Crippen molar-refractivity contribution in [2.75, 3.05) is 13.2 Å². The molecule has 1 saturated carbocycles. The van der Waals surface area contributed by atoms with Gasteiger partial charge in [-0.25, -0.2) is 4.39 Å². The van der Waals surface area contributed by atoms with Crippen molar-refractivity contribution in [3.8, 4) is 5.75 Å². The molecule has 1 aliphatic rings. The highest BCUT2D eigenvalue weighted by atomic mass is 19.1. The molecule has 1 aliphatic carbocycles. The predicted molar refractivity (Wildman–Crippen MR) is 82.3 cm³/mol. The lowest BCUT2D eigenvalue weighted by Crippen LogP contribution is -2.35. The summed E-state index contributed by atoms with van der Waals surface area (Å²) in [6.45, 7) is 0.569. The highest BCUT2D eigenvalue weighted by Gasteiger charge is 2.44. The lowest BCUT2D eigenvalue weighted by atomic mass is 9.96. The van der Waals surface area contributed by atoms with Gasteiger partial charge in [0.15, 0.2) is 6.61 Å². The smallest absolute Gasteiger partial charge is 0.257 e. The molecule has 0 saturated heterocycles. The molecule has 0 radical (unpaired) electrons. The maximum Gasteiger partial charge on any atom is 0.257 e. The number of hydrogen-bond acceptors (Lipinski definition) is 2. The van der Waals surface area contributed by atoms with Crippen molar-refractivity contribution in [1.82, 2.24) is 5.32 Å². The molecule has 0 bridgehead atoms. The zero-order chi connectivity index (χ0) is 15.4. The van der Waals surface area contributed by atoms with E-state index in [0.29, 0.717) is 12.3 Å². The van der Waals surface area contributed by atoms with Gasteiger partial charge in [-0.2, -0.15) is 0 Å². The fraction of sp³-hybridized carbons (Fsp3) is 0.278. The molecule has 1 N–H and O–H groups in total. The topological polar surface area (TPSA) is 38.3 Å². The van der Waals surface area contributed by atoms with Gasteiger partial charge in [0.05, 0.1) is 0 Å². The Kier molecular flexibility index (Phi) is 4.09. The van der Waals surface area contributed by atoms with Crippen LogP contribution in [0, 0.1) is 5.82 Å². The first kappa shape index (κ1) is 14.6. The van der Waals surface area contributed by atoms with E-state index in [-0.39, 0.29) is 23.7 Å². The van der Waals surface area contributed by atoms with Crippen molar-refractivity contribution in [2.45, 2.75) is 18.3 Å². The average molecular weight is 299 g/mol. The molecule has 22 heavy (non-hydrogen) atoms. The van der Waals surface area contributed by atoms with Crippen LogP contribution in [0.5, 0.6) is 5.75 Å². The molecule has 2 aromatic rings. The number of amides is 1. The van der Waals surface area contributed by atoms with Crippen LogP contribution in [-0.4, -0.2) is 19.1 Å². The minimum atomic E-state index is -0.236. The number of carbonyl (C=O) groups is 1. The molecule has 0 heterocycles. The monoisotopic (exact) mass is 299 g/mol. The fourth-order valence-corrected chi connectivity index (χ4v) is 2.51. The molecule has 0 aromatic heterocycles. The Morgan fingerprint density at radius 2 is 1.77 bits per heavy atom. The van der Waals surface area contributed by atoms with Crippen molar-refractivity contribution >= 4 is 5.91 Å².